The van der Waals surface area contributed by atoms with Gasteiger partial charge in [-0.3, -0.25) is 0 Å². The van der Waals surface area contributed by atoms with Gasteiger partial charge in [0, 0.05) is 11.6 Å². The Morgan fingerprint density at radius 2 is 1.94 bits per heavy atom. The Morgan fingerprint density at radius 3 is 2.44 bits per heavy atom. The van der Waals surface area contributed by atoms with Crippen LogP contribution in [0.25, 0.3) is 0 Å². The maximum atomic E-state index is 13.6. The van der Waals surface area contributed by atoms with Crippen molar-refractivity contribution < 1.29 is 8.78 Å². The Morgan fingerprint density at radius 1 is 1.33 bits per heavy atom. The summed E-state index contributed by atoms with van der Waals surface area (Å²) in [4.78, 5) is 2.04. The van der Waals surface area contributed by atoms with Gasteiger partial charge < -0.3 is 10.6 Å². The number of hydrogen-bond acceptors (Lipinski definition) is 2. The molecular weight excluding hydrogens is 234 g/mol. The first-order valence-electron chi connectivity index (χ1n) is 6.18. The first-order chi connectivity index (χ1) is 8.31. The van der Waals surface area contributed by atoms with Crippen molar-refractivity contribution >= 4 is 0 Å². The number of benzene rings is 1. The molecule has 0 aromatic heterocycles. The molecule has 1 aromatic rings. The van der Waals surface area contributed by atoms with Crippen molar-refractivity contribution in [3.05, 3.63) is 35.4 Å². The van der Waals surface area contributed by atoms with Crippen molar-refractivity contribution in [2.24, 2.45) is 5.73 Å². The van der Waals surface area contributed by atoms with Gasteiger partial charge in [0.1, 0.15) is 11.6 Å². The minimum Gasteiger partial charge on any atom is -0.326 e. The maximum Gasteiger partial charge on any atom is 0.126 e. The molecule has 1 aromatic carbocycles. The first kappa shape index (κ1) is 15.1. The highest BCUT2D eigenvalue weighted by molar-refractivity contribution is 5.20. The van der Waals surface area contributed by atoms with E-state index in [9.17, 15) is 8.78 Å². The van der Waals surface area contributed by atoms with Crippen LogP contribution in [0.15, 0.2) is 18.2 Å². The Balaban J connectivity index is 2.93. The summed E-state index contributed by atoms with van der Waals surface area (Å²) in [5.74, 6) is -0.828. The van der Waals surface area contributed by atoms with Crippen molar-refractivity contribution in [3.63, 3.8) is 0 Å². The van der Waals surface area contributed by atoms with Crippen LogP contribution in [0.3, 0.4) is 0 Å². The molecule has 0 radical (unpaired) electrons. The van der Waals surface area contributed by atoms with Crippen LogP contribution in [0, 0.1) is 11.6 Å². The molecule has 0 spiro atoms. The fraction of sp³-hybridized carbons (Fsp3) is 0.571. The monoisotopic (exact) mass is 256 g/mol. The molecule has 0 aliphatic carbocycles. The first-order valence-corrected chi connectivity index (χ1v) is 6.18. The molecule has 4 heteroatoms. The lowest BCUT2D eigenvalue weighted by Gasteiger charge is -2.41. The summed E-state index contributed by atoms with van der Waals surface area (Å²) in [6.45, 7) is 4.08. The standard InChI is InChI=1S/C14H22F2N2/c1-5-14(2,18(3)4)13(17)9-10-8-11(15)6-7-12(10)16/h6-8,13H,5,9,17H2,1-4H3. The zero-order valence-electron chi connectivity index (χ0n) is 11.5. The molecule has 2 unspecified atom stereocenters. The van der Waals surface area contributed by atoms with E-state index in [0.717, 1.165) is 18.6 Å². The number of hydrogen-bond donors (Lipinski definition) is 1. The average molecular weight is 256 g/mol. The molecule has 0 saturated carbocycles. The third-order valence-electron chi connectivity index (χ3n) is 3.98. The van der Waals surface area contributed by atoms with Gasteiger partial charge in [-0.15, -0.1) is 0 Å². The van der Waals surface area contributed by atoms with Gasteiger partial charge in [-0.1, -0.05) is 6.92 Å². The molecule has 1 rings (SSSR count). The fourth-order valence-electron chi connectivity index (χ4n) is 2.07. The van der Waals surface area contributed by atoms with Crippen LogP contribution in [0.2, 0.25) is 0 Å². The number of nitrogens with two attached hydrogens (primary N) is 1. The summed E-state index contributed by atoms with van der Waals surface area (Å²) in [5, 5.41) is 0. The Hall–Kier alpha value is -1.00. The fourth-order valence-corrected chi connectivity index (χ4v) is 2.07. The van der Waals surface area contributed by atoms with E-state index in [-0.39, 0.29) is 11.6 Å². The van der Waals surface area contributed by atoms with Crippen LogP contribution < -0.4 is 5.73 Å². The van der Waals surface area contributed by atoms with Gasteiger partial charge in [-0.25, -0.2) is 8.78 Å². The zero-order valence-corrected chi connectivity index (χ0v) is 11.5. The van der Waals surface area contributed by atoms with E-state index in [2.05, 4.69) is 0 Å². The highest BCUT2D eigenvalue weighted by Gasteiger charge is 2.32. The maximum absolute atomic E-state index is 13.6. The highest BCUT2D eigenvalue weighted by Crippen LogP contribution is 2.23. The van der Waals surface area contributed by atoms with Crippen molar-refractivity contribution in [3.8, 4) is 0 Å². The van der Waals surface area contributed by atoms with Gasteiger partial charge in [0.15, 0.2) is 0 Å². The molecule has 2 nitrogen and oxygen atoms in total. The number of rotatable bonds is 5. The summed E-state index contributed by atoms with van der Waals surface area (Å²) in [5.41, 5.74) is 6.28. The van der Waals surface area contributed by atoms with E-state index < -0.39 is 11.6 Å². The average Bonchev–Trinajstić information content (AvgIpc) is 2.32. The second kappa shape index (κ2) is 5.76. The molecular formula is C14H22F2N2. The van der Waals surface area contributed by atoms with Crippen LogP contribution in [-0.4, -0.2) is 30.6 Å². The molecule has 0 aliphatic rings. The predicted octanol–water partition coefficient (Wildman–Crippen LogP) is 2.56. The topological polar surface area (TPSA) is 29.3 Å². The highest BCUT2D eigenvalue weighted by atomic mass is 19.1. The number of nitrogens with zero attached hydrogens (tertiary/aromatic N) is 1. The van der Waals surface area contributed by atoms with Crippen LogP contribution >= 0.6 is 0 Å². The molecule has 0 heterocycles. The van der Waals surface area contributed by atoms with Crippen LogP contribution in [0.5, 0.6) is 0 Å². The minimum absolute atomic E-state index is 0.237. The second-order valence-electron chi connectivity index (χ2n) is 5.15. The van der Waals surface area contributed by atoms with E-state index in [1.807, 2.05) is 32.8 Å². The smallest absolute Gasteiger partial charge is 0.126 e. The SMILES string of the molecule is CCC(C)(C(N)Cc1cc(F)ccc1F)N(C)C. The van der Waals surface area contributed by atoms with Gasteiger partial charge >= 0.3 is 0 Å². The number of halogens is 2. The van der Waals surface area contributed by atoms with Gasteiger partial charge in [0.25, 0.3) is 0 Å². The minimum atomic E-state index is -0.429. The molecule has 0 aliphatic heterocycles. The van der Waals surface area contributed by atoms with Crippen molar-refractivity contribution in [2.45, 2.75) is 38.3 Å². The van der Waals surface area contributed by atoms with E-state index >= 15 is 0 Å². The van der Waals surface area contributed by atoms with Crippen molar-refractivity contribution in [2.75, 3.05) is 14.1 Å². The van der Waals surface area contributed by atoms with E-state index in [0.29, 0.717) is 12.0 Å². The molecule has 2 atom stereocenters. The van der Waals surface area contributed by atoms with Gasteiger partial charge in [0.05, 0.1) is 0 Å². The molecule has 102 valence electrons. The lowest BCUT2D eigenvalue weighted by molar-refractivity contribution is 0.131. The molecule has 2 N–H and O–H groups in total. The summed E-state index contributed by atoms with van der Waals surface area (Å²) in [6.07, 6.45) is 1.17. The zero-order chi connectivity index (χ0) is 13.9. The third kappa shape index (κ3) is 3.06. The molecule has 0 amide bonds. The predicted molar refractivity (Wildman–Crippen MR) is 70.4 cm³/mol. The van der Waals surface area contributed by atoms with E-state index in [1.165, 1.54) is 6.07 Å². The summed E-state index contributed by atoms with van der Waals surface area (Å²) < 4.78 is 26.7. The second-order valence-corrected chi connectivity index (χ2v) is 5.15. The number of likely N-dealkylation sites (N-methyl/N-ethyl adjacent to an activating group) is 1. The molecule has 18 heavy (non-hydrogen) atoms. The lowest BCUT2D eigenvalue weighted by Crippen LogP contribution is -2.55. The molecule has 0 bridgehead atoms. The Kier molecular flexibility index (Phi) is 4.82. The normalized spacial score (nSPS) is 16.7. The Labute approximate surface area is 108 Å². The Bertz CT molecular complexity index is 407. The summed E-state index contributed by atoms with van der Waals surface area (Å²) in [7, 11) is 3.90. The van der Waals surface area contributed by atoms with Gasteiger partial charge in [-0.05, 0) is 57.6 Å². The van der Waals surface area contributed by atoms with Crippen molar-refractivity contribution in [1.29, 1.82) is 0 Å². The third-order valence-corrected chi connectivity index (χ3v) is 3.98. The van der Waals surface area contributed by atoms with Gasteiger partial charge in [-0.2, -0.15) is 0 Å². The molecule has 0 fully saturated rings. The quantitative estimate of drug-likeness (QED) is 0.877. The largest absolute Gasteiger partial charge is 0.326 e. The summed E-state index contributed by atoms with van der Waals surface area (Å²) in [6, 6.07) is 3.24. The van der Waals surface area contributed by atoms with Crippen molar-refractivity contribution in [1.82, 2.24) is 4.90 Å². The van der Waals surface area contributed by atoms with E-state index in [4.69, 9.17) is 5.73 Å². The molecule has 0 saturated heterocycles. The summed E-state index contributed by atoms with van der Waals surface area (Å²) >= 11 is 0. The van der Waals surface area contributed by atoms with Crippen LogP contribution in [0.4, 0.5) is 8.78 Å². The lowest BCUT2D eigenvalue weighted by atomic mass is 9.84. The van der Waals surface area contributed by atoms with Gasteiger partial charge in [0.2, 0.25) is 0 Å². The van der Waals surface area contributed by atoms with Crippen LogP contribution in [-0.2, 0) is 6.42 Å². The van der Waals surface area contributed by atoms with E-state index in [1.54, 1.807) is 0 Å². The van der Waals surface area contributed by atoms with Crippen LogP contribution in [0.1, 0.15) is 25.8 Å².